The number of rotatable bonds is 5. The fourth-order valence-corrected chi connectivity index (χ4v) is 5.49. The number of amides is 4. The van der Waals surface area contributed by atoms with Crippen LogP contribution in [0.2, 0.25) is 0 Å². The van der Waals surface area contributed by atoms with Crippen molar-refractivity contribution in [3.63, 3.8) is 0 Å². The van der Waals surface area contributed by atoms with Crippen LogP contribution in [0.25, 0.3) is 0 Å². The minimum Gasteiger partial charge on any atom is -0.318 e. The van der Waals surface area contributed by atoms with Gasteiger partial charge < -0.3 is 5.32 Å². The predicted octanol–water partition coefficient (Wildman–Crippen LogP) is 1.97. The van der Waals surface area contributed by atoms with Gasteiger partial charge >= 0.3 is 6.03 Å². The monoisotopic (exact) mass is 456 g/mol. The summed E-state index contributed by atoms with van der Waals surface area (Å²) in [5.74, 6) is -1.40. The molecule has 2 aromatic carbocycles. The van der Waals surface area contributed by atoms with Gasteiger partial charge in [-0.25, -0.2) is 13.2 Å². The highest BCUT2D eigenvalue weighted by Crippen LogP contribution is 2.28. The van der Waals surface area contributed by atoms with E-state index in [1.165, 1.54) is 28.6 Å². The highest BCUT2D eigenvalue weighted by molar-refractivity contribution is 7.89. The first-order valence-electron chi connectivity index (χ1n) is 10.4. The Bertz CT molecular complexity index is 1160. The average Bonchev–Trinajstić information content (AvgIpc) is 3.04. The van der Waals surface area contributed by atoms with Gasteiger partial charge in [-0.1, -0.05) is 42.8 Å². The van der Waals surface area contributed by atoms with Gasteiger partial charge in [0.1, 0.15) is 5.54 Å². The molecule has 10 heteroatoms. The highest BCUT2D eigenvalue weighted by atomic mass is 32.2. The molecule has 2 aliphatic heterocycles. The summed E-state index contributed by atoms with van der Waals surface area (Å²) in [5, 5.41) is 3.23. The van der Waals surface area contributed by atoms with E-state index in [9.17, 15) is 22.8 Å². The first-order valence-corrected chi connectivity index (χ1v) is 11.8. The maximum absolute atomic E-state index is 13.0. The Morgan fingerprint density at radius 1 is 1.00 bits per heavy atom. The van der Waals surface area contributed by atoms with Crippen LogP contribution in [-0.4, -0.2) is 48.7 Å². The van der Waals surface area contributed by atoms with Crippen molar-refractivity contribution < 1.29 is 22.8 Å². The number of nitrogens with one attached hydrogen (secondary N) is 2. The summed E-state index contributed by atoms with van der Waals surface area (Å²) in [4.78, 5) is 38.2. The molecule has 32 heavy (non-hydrogen) atoms. The van der Waals surface area contributed by atoms with Gasteiger partial charge in [0.25, 0.3) is 11.8 Å². The van der Waals surface area contributed by atoms with Gasteiger partial charge in [0.2, 0.25) is 10.0 Å². The van der Waals surface area contributed by atoms with Crippen molar-refractivity contribution in [2.24, 2.45) is 0 Å². The molecule has 9 nitrogen and oxygen atoms in total. The van der Waals surface area contributed by atoms with E-state index in [2.05, 4.69) is 10.7 Å². The SMILES string of the molecule is CC1(c2ccccc2)NC(=O)N(NC(=O)c2cccc(S(=O)(=O)N3CCCCC3)c2)C1=O. The third-order valence-corrected chi connectivity index (χ3v) is 7.70. The Balaban J connectivity index is 1.54. The fraction of sp³-hybridized carbons (Fsp3) is 0.318. The van der Waals surface area contributed by atoms with E-state index in [1.807, 2.05) is 0 Å². The second kappa shape index (κ2) is 8.36. The van der Waals surface area contributed by atoms with Crippen LogP contribution in [0, 0.1) is 0 Å². The molecule has 0 spiro atoms. The van der Waals surface area contributed by atoms with E-state index in [0.29, 0.717) is 23.7 Å². The van der Waals surface area contributed by atoms with Crippen molar-refractivity contribution in [2.45, 2.75) is 36.6 Å². The first kappa shape index (κ1) is 22.0. The van der Waals surface area contributed by atoms with E-state index >= 15 is 0 Å². The largest absolute Gasteiger partial charge is 0.344 e. The second-order valence-electron chi connectivity index (χ2n) is 8.00. The van der Waals surface area contributed by atoms with Crippen molar-refractivity contribution in [1.29, 1.82) is 0 Å². The van der Waals surface area contributed by atoms with Crippen LogP contribution in [-0.2, 0) is 20.4 Å². The summed E-state index contributed by atoms with van der Waals surface area (Å²) in [6, 6.07) is 13.5. The zero-order chi connectivity index (χ0) is 22.9. The minimum atomic E-state index is -3.73. The van der Waals surface area contributed by atoms with E-state index in [1.54, 1.807) is 37.3 Å². The molecule has 1 unspecified atom stereocenters. The molecule has 2 aliphatic rings. The summed E-state index contributed by atoms with van der Waals surface area (Å²) in [6.07, 6.45) is 2.58. The van der Waals surface area contributed by atoms with Crippen LogP contribution in [0.4, 0.5) is 4.79 Å². The van der Waals surface area contributed by atoms with Crippen LogP contribution in [0.15, 0.2) is 59.5 Å². The van der Waals surface area contributed by atoms with E-state index in [4.69, 9.17) is 0 Å². The molecule has 2 heterocycles. The van der Waals surface area contributed by atoms with Crippen molar-refractivity contribution in [3.8, 4) is 0 Å². The number of benzene rings is 2. The normalized spacial score (nSPS) is 22.0. The molecule has 168 valence electrons. The lowest BCUT2D eigenvalue weighted by Crippen LogP contribution is -2.48. The summed E-state index contributed by atoms with van der Waals surface area (Å²) in [5.41, 5.74) is 1.57. The van der Waals surface area contributed by atoms with Gasteiger partial charge in [-0.15, -0.1) is 0 Å². The summed E-state index contributed by atoms with van der Waals surface area (Å²) < 4.78 is 27.2. The van der Waals surface area contributed by atoms with Crippen LogP contribution < -0.4 is 10.7 Å². The number of sulfonamides is 1. The number of imide groups is 1. The molecule has 0 radical (unpaired) electrons. The van der Waals surface area contributed by atoms with Crippen molar-refractivity contribution >= 4 is 27.9 Å². The Kier molecular flexibility index (Phi) is 5.74. The standard InChI is InChI=1S/C22H24N4O5S/c1-22(17-10-4-2-5-11-17)20(28)26(21(29)23-22)24-19(27)16-9-8-12-18(15-16)32(30,31)25-13-6-3-7-14-25/h2,4-5,8-12,15H,3,6-7,13-14H2,1H3,(H,23,29)(H,24,27). The maximum Gasteiger partial charge on any atom is 0.344 e. The summed E-state index contributed by atoms with van der Waals surface area (Å²) >= 11 is 0. The third kappa shape index (κ3) is 3.87. The number of hydrazine groups is 1. The van der Waals surface area contributed by atoms with Gasteiger partial charge in [-0.3, -0.25) is 15.0 Å². The highest BCUT2D eigenvalue weighted by Gasteiger charge is 2.50. The van der Waals surface area contributed by atoms with Crippen LogP contribution >= 0.6 is 0 Å². The lowest BCUT2D eigenvalue weighted by molar-refractivity contribution is -0.132. The Hall–Kier alpha value is -3.24. The quantitative estimate of drug-likeness (QED) is 0.668. The lowest BCUT2D eigenvalue weighted by Gasteiger charge is -2.26. The van der Waals surface area contributed by atoms with Gasteiger partial charge in [0.15, 0.2) is 0 Å². The predicted molar refractivity (Wildman–Crippen MR) is 116 cm³/mol. The fourth-order valence-electron chi connectivity index (χ4n) is 3.93. The maximum atomic E-state index is 13.0. The molecule has 2 N–H and O–H groups in total. The van der Waals surface area contributed by atoms with E-state index in [-0.39, 0.29) is 10.5 Å². The summed E-state index contributed by atoms with van der Waals surface area (Å²) in [6.45, 7) is 2.44. The smallest absolute Gasteiger partial charge is 0.318 e. The van der Waals surface area contributed by atoms with Gasteiger partial charge in [0.05, 0.1) is 4.90 Å². The van der Waals surface area contributed by atoms with Crippen molar-refractivity contribution in [1.82, 2.24) is 20.1 Å². The first-order chi connectivity index (χ1) is 15.2. The molecule has 2 aromatic rings. The molecule has 0 saturated carbocycles. The zero-order valence-electron chi connectivity index (χ0n) is 17.6. The number of urea groups is 1. The summed E-state index contributed by atoms with van der Waals surface area (Å²) in [7, 11) is -3.73. The molecule has 1 atom stereocenters. The lowest BCUT2D eigenvalue weighted by atomic mass is 9.92. The van der Waals surface area contributed by atoms with Gasteiger partial charge in [0, 0.05) is 18.7 Å². The average molecular weight is 457 g/mol. The van der Waals surface area contributed by atoms with Crippen LogP contribution in [0.3, 0.4) is 0 Å². The van der Waals surface area contributed by atoms with Gasteiger partial charge in [-0.05, 0) is 43.5 Å². The van der Waals surface area contributed by atoms with Crippen LogP contribution in [0.5, 0.6) is 0 Å². The number of nitrogens with zero attached hydrogens (tertiary/aromatic N) is 2. The van der Waals surface area contributed by atoms with E-state index < -0.39 is 33.4 Å². The number of hydrogen-bond acceptors (Lipinski definition) is 5. The van der Waals surface area contributed by atoms with Crippen molar-refractivity contribution in [3.05, 3.63) is 65.7 Å². The van der Waals surface area contributed by atoms with E-state index in [0.717, 1.165) is 19.3 Å². The molecule has 4 amide bonds. The molecular weight excluding hydrogens is 432 g/mol. The Morgan fingerprint density at radius 3 is 2.38 bits per heavy atom. The molecule has 0 aliphatic carbocycles. The number of hydrogen-bond donors (Lipinski definition) is 2. The minimum absolute atomic E-state index is 0.00151. The number of carbonyl (C=O) groups excluding carboxylic acids is 3. The molecule has 0 bridgehead atoms. The Morgan fingerprint density at radius 2 is 1.69 bits per heavy atom. The number of carbonyl (C=O) groups is 3. The third-order valence-electron chi connectivity index (χ3n) is 5.80. The van der Waals surface area contributed by atoms with Crippen molar-refractivity contribution in [2.75, 3.05) is 13.1 Å². The molecular formula is C22H24N4O5S. The number of piperidine rings is 1. The van der Waals surface area contributed by atoms with Crippen LogP contribution in [0.1, 0.15) is 42.1 Å². The molecule has 0 aromatic heterocycles. The molecule has 2 fully saturated rings. The van der Waals surface area contributed by atoms with Gasteiger partial charge in [-0.2, -0.15) is 9.31 Å². The Labute approximate surface area is 186 Å². The zero-order valence-corrected chi connectivity index (χ0v) is 18.4. The second-order valence-corrected chi connectivity index (χ2v) is 9.93. The molecule has 2 saturated heterocycles. The molecule has 4 rings (SSSR count). The topological polar surface area (TPSA) is 116 Å².